The highest BCUT2D eigenvalue weighted by molar-refractivity contribution is 8.26. The minimum atomic E-state index is -0.412. The maximum atomic E-state index is 13.8. The molecule has 2 aromatic carbocycles. The van der Waals surface area contributed by atoms with Crippen LogP contribution in [0.3, 0.4) is 0 Å². The zero-order valence-corrected chi connectivity index (χ0v) is 16.3. The average Bonchev–Trinajstić information content (AvgIpc) is 2.90. The second-order valence-electron chi connectivity index (χ2n) is 5.66. The molecular formula is C19H14ClFN2O2S2. The van der Waals surface area contributed by atoms with Crippen LogP contribution in [0.25, 0.3) is 6.08 Å². The van der Waals surface area contributed by atoms with E-state index in [9.17, 15) is 14.0 Å². The summed E-state index contributed by atoms with van der Waals surface area (Å²) >= 11 is 12.1. The van der Waals surface area contributed by atoms with Crippen LogP contribution in [0, 0.1) is 5.82 Å². The topological polar surface area (TPSA) is 49.4 Å². The number of nitrogens with one attached hydrogen (secondary N) is 1. The van der Waals surface area contributed by atoms with Gasteiger partial charge in [-0.25, -0.2) is 4.39 Å². The van der Waals surface area contributed by atoms with Crippen molar-refractivity contribution in [1.82, 2.24) is 4.90 Å². The van der Waals surface area contributed by atoms with Gasteiger partial charge in [-0.1, -0.05) is 53.8 Å². The highest BCUT2D eigenvalue weighted by Crippen LogP contribution is 2.33. The number of benzene rings is 2. The molecule has 1 saturated heterocycles. The highest BCUT2D eigenvalue weighted by Gasteiger charge is 2.32. The van der Waals surface area contributed by atoms with Crippen LogP contribution in [0.15, 0.2) is 53.4 Å². The zero-order chi connectivity index (χ0) is 19.4. The number of carbonyl (C=O) groups excluding carboxylic acids is 2. The standard InChI is InChI=1S/C19H14ClFN2O2S2/c20-13-5-7-14(8-6-13)22-17(24)9-10-23-18(25)16(27-19(23)26)11-12-3-1-2-4-15(12)21/h1-8,11H,9-10H2,(H,22,24). The van der Waals surface area contributed by atoms with Gasteiger partial charge < -0.3 is 5.32 Å². The lowest BCUT2D eigenvalue weighted by molar-refractivity contribution is -0.122. The maximum absolute atomic E-state index is 13.8. The predicted molar refractivity (Wildman–Crippen MR) is 111 cm³/mol. The van der Waals surface area contributed by atoms with Crippen LogP contribution in [-0.2, 0) is 9.59 Å². The molecule has 1 fully saturated rings. The summed E-state index contributed by atoms with van der Waals surface area (Å²) in [6, 6.07) is 12.9. The minimum absolute atomic E-state index is 0.0854. The first-order chi connectivity index (χ1) is 12.9. The van der Waals surface area contributed by atoms with Gasteiger partial charge in [-0.05, 0) is 36.4 Å². The monoisotopic (exact) mass is 420 g/mol. The van der Waals surface area contributed by atoms with Crippen molar-refractivity contribution >= 4 is 63.5 Å². The molecule has 2 amide bonds. The number of amides is 2. The number of hydrogen-bond donors (Lipinski definition) is 1. The van der Waals surface area contributed by atoms with Gasteiger partial charge in [0.05, 0.1) is 4.91 Å². The molecule has 0 aliphatic carbocycles. The SMILES string of the molecule is O=C(CCN1C(=O)C(=Cc2ccccc2F)SC1=S)Nc1ccc(Cl)cc1. The van der Waals surface area contributed by atoms with Crippen LogP contribution >= 0.6 is 35.6 Å². The molecule has 0 unspecified atom stereocenters. The van der Waals surface area contributed by atoms with E-state index in [-0.39, 0.29) is 24.8 Å². The Hall–Kier alpha value is -2.22. The molecule has 0 saturated carbocycles. The van der Waals surface area contributed by atoms with Crippen LogP contribution in [0.4, 0.5) is 10.1 Å². The third kappa shape index (κ3) is 4.94. The molecule has 1 aliphatic heterocycles. The molecule has 2 aromatic rings. The van der Waals surface area contributed by atoms with Gasteiger partial charge in [0.2, 0.25) is 5.91 Å². The van der Waals surface area contributed by atoms with Gasteiger partial charge in [0, 0.05) is 29.2 Å². The molecule has 8 heteroatoms. The number of nitrogens with zero attached hydrogens (tertiary/aromatic N) is 1. The molecule has 138 valence electrons. The second-order valence-corrected chi connectivity index (χ2v) is 7.77. The van der Waals surface area contributed by atoms with Gasteiger partial charge in [-0.2, -0.15) is 0 Å². The van der Waals surface area contributed by atoms with Crippen LogP contribution in [0.5, 0.6) is 0 Å². The molecule has 4 nitrogen and oxygen atoms in total. The molecule has 3 rings (SSSR count). The number of halogens is 2. The van der Waals surface area contributed by atoms with E-state index in [1.165, 1.54) is 17.0 Å². The molecule has 1 heterocycles. The lowest BCUT2D eigenvalue weighted by atomic mass is 10.2. The van der Waals surface area contributed by atoms with E-state index in [0.29, 0.717) is 25.5 Å². The van der Waals surface area contributed by atoms with Gasteiger partial charge in [0.15, 0.2) is 0 Å². The van der Waals surface area contributed by atoms with Crippen molar-refractivity contribution in [3.05, 3.63) is 69.8 Å². The van der Waals surface area contributed by atoms with Gasteiger partial charge in [-0.3, -0.25) is 14.5 Å². The van der Waals surface area contributed by atoms with E-state index in [4.69, 9.17) is 23.8 Å². The molecule has 1 aliphatic rings. The quantitative estimate of drug-likeness (QED) is 0.562. The van der Waals surface area contributed by atoms with E-state index in [1.54, 1.807) is 42.5 Å². The third-order valence-electron chi connectivity index (χ3n) is 3.76. The van der Waals surface area contributed by atoms with Crippen LogP contribution in [0.2, 0.25) is 5.02 Å². The van der Waals surface area contributed by atoms with Crippen LogP contribution < -0.4 is 5.32 Å². The summed E-state index contributed by atoms with van der Waals surface area (Å²) in [4.78, 5) is 26.3. The smallest absolute Gasteiger partial charge is 0.266 e. The summed E-state index contributed by atoms with van der Waals surface area (Å²) in [6.45, 7) is 0.151. The Labute approximate surface area is 170 Å². The molecule has 1 N–H and O–H groups in total. The zero-order valence-electron chi connectivity index (χ0n) is 13.9. The van der Waals surface area contributed by atoms with E-state index >= 15 is 0 Å². The first-order valence-corrected chi connectivity index (χ1v) is 9.59. The van der Waals surface area contributed by atoms with Crippen molar-refractivity contribution in [2.24, 2.45) is 0 Å². The summed E-state index contributed by atoms with van der Waals surface area (Å²) < 4.78 is 14.1. The molecular weight excluding hydrogens is 407 g/mol. The van der Waals surface area contributed by atoms with E-state index in [1.807, 2.05) is 0 Å². The fourth-order valence-corrected chi connectivity index (χ4v) is 3.82. The van der Waals surface area contributed by atoms with Crippen molar-refractivity contribution in [2.75, 3.05) is 11.9 Å². The number of hydrogen-bond acceptors (Lipinski definition) is 4. The lowest BCUT2D eigenvalue weighted by Gasteiger charge is -2.14. The predicted octanol–water partition coefficient (Wildman–Crippen LogP) is 4.71. The molecule has 27 heavy (non-hydrogen) atoms. The number of thiocarbonyl (C=S) groups is 1. The number of rotatable bonds is 5. The van der Waals surface area contributed by atoms with E-state index < -0.39 is 5.82 Å². The first-order valence-electron chi connectivity index (χ1n) is 7.99. The van der Waals surface area contributed by atoms with Gasteiger partial charge >= 0.3 is 0 Å². The second kappa shape index (κ2) is 8.65. The summed E-state index contributed by atoms with van der Waals surface area (Å²) in [7, 11) is 0. The molecule has 0 bridgehead atoms. The normalized spacial score (nSPS) is 15.5. The van der Waals surface area contributed by atoms with Crippen molar-refractivity contribution in [3.8, 4) is 0 Å². The molecule has 0 aromatic heterocycles. The Morgan fingerprint density at radius 1 is 1.22 bits per heavy atom. The maximum Gasteiger partial charge on any atom is 0.266 e. The minimum Gasteiger partial charge on any atom is -0.326 e. The fraction of sp³-hybridized carbons (Fsp3) is 0.105. The van der Waals surface area contributed by atoms with Crippen LogP contribution in [-0.4, -0.2) is 27.6 Å². The summed E-state index contributed by atoms with van der Waals surface area (Å²) in [5.41, 5.74) is 0.938. The Morgan fingerprint density at radius 2 is 1.93 bits per heavy atom. The Balaban J connectivity index is 1.61. The lowest BCUT2D eigenvalue weighted by Crippen LogP contribution is -2.31. The Kier molecular flexibility index (Phi) is 6.26. The van der Waals surface area contributed by atoms with E-state index in [2.05, 4.69) is 5.32 Å². The highest BCUT2D eigenvalue weighted by atomic mass is 35.5. The summed E-state index contributed by atoms with van der Waals surface area (Å²) in [5, 5.41) is 3.31. The largest absolute Gasteiger partial charge is 0.326 e. The van der Waals surface area contributed by atoms with Crippen molar-refractivity contribution in [3.63, 3.8) is 0 Å². The molecule has 0 spiro atoms. The number of thioether (sulfide) groups is 1. The van der Waals surface area contributed by atoms with Crippen molar-refractivity contribution < 1.29 is 14.0 Å². The fourth-order valence-electron chi connectivity index (χ4n) is 2.40. The van der Waals surface area contributed by atoms with Crippen LogP contribution in [0.1, 0.15) is 12.0 Å². The molecule has 0 radical (unpaired) electrons. The molecule has 0 atom stereocenters. The number of anilines is 1. The van der Waals surface area contributed by atoms with Gasteiger partial charge in [0.25, 0.3) is 5.91 Å². The third-order valence-corrected chi connectivity index (χ3v) is 5.39. The number of carbonyl (C=O) groups is 2. The first kappa shape index (κ1) is 19.5. The van der Waals surface area contributed by atoms with Crippen molar-refractivity contribution in [1.29, 1.82) is 0 Å². The Bertz CT molecular complexity index is 932. The van der Waals surface area contributed by atoms with Gasteiger partial charge in [0.1, 0.15) is 10.1 Å². The van der Waals surface area contributed by atoms with E-state index in [0.717, 1.165) is 11.8 Å². The van der Waals surface area contributed by atoms with Crippen molar-refractivity contribution in [2.45, 2.75) is 6.42 Å². The summed E-state index contributed by atoms with van der Waals surface area (Å²) in [6.07, 6.45) is 1.56. The van der Waals surface area contributed by atoms with Gasteiger partial charge in [-0.15, -0.1) is 0 Å². The average molecular weight is 421 g/mol. The summed E-state index contributed by atoms with van der Waals surface area (Å²) in [5.74, 6) is -0.984. The Morgan fingerprint density at radius 3 is 2.63 bits per heavy atom.